The third-order valence-corrected chi connectivity index (χ3v) is 5.04. The van der Waals surface area contributed by atoms with Crippen molar-refractivity contribution in [3.05, 3.63) is 65.7 Å². The molecule has 2 amide bonds. The van der Waals surface area contributed by atoms with Gasteiger partial charge in [-0.3, -0.25) is 14.5 Å². The predicted molar refractivity (Wildman–Crippen MR) is 103 cm³/mol. The van der Waals surface area contributed by atoms with Gasteiger partial charge in [-0.1, -0.05) is 36.4 Å². The Morgan fingerprint density at radius 3 is 2.62 bits per heavy atom. The van der Waals surface area contributed by atoms with Gasteiger partial charge in [-0.15, -0.1) is 0 Å². The lowest BCUT2D eigenvalue weighted by Gasteiger charge is -2.23. The van der Waals surface area contributed by atoms with Gasteiger partial charge in [0.25, 0.3) is 5.91 Å². The number of benzene rings is 2. The molecule has 26 heavy (non-hydrogen) atoms. The summed E-state index contributed by atoms with van der Waals surface area (Å²) in [6.07, 6.45) is 1.06. The Kier molecular flexibility index (Phi) is 5.68. The van der Waals surface area contributed by atoms with Gasteiger partial charge in [-0.25, -0.2) is 0 Å². The fourth-order valence-corrected chi connectivity index (χ4v) is 3.43. The van der Waals surface area contributed by atoms with Crippen LogP contribution in [0.1, 0.15) is 35.2 Å². The highest BCUT2D eigenvalue weighted by molar-refractivity contribution is 5.98. The first kappa shape index (κ1) is 18.1. The standard InChI is InChI=1S/C21H25N3O2/c1-15(24-12-11-18(14-24)16-7-4-3-5-8-16)20(25)23-19-10-6-9-17(13-19)21(26)22-2/h3-10,13,15,18H,11-12,14H2,1-2H3,(H,22,26)(H,23,25)/t15-,18-/m1/s1. The van der Waals surface area contributed by atoms with E-state index in [1.54, 1.807) is 31.3 Å². The Balaban J connectivity index is 1.61. The van der Waals surface area contributed by atoms with E-state index in [9.17, 15) is 9.59 Å². The van der Waals surface area contributed by atoms with E-state index in [1.165, 1.54) is 5.56 Å². The third kappa shape index (κ3) is 4.11. The molecule has 1 aliphatic rings. The molecule has 2 atom stereocenters. The molecule has 0 bridgehead atoms. The number of hydrogen-bond donors (Lipinski definition) is 2. The lowest BCUT2D eigenvalue weighted by atomic mass is 9.99. The average Bonchev–Trinajstić information content (AvgIpc) is 3.17. The van der Waals surface area contributed by atoms with Gasteiger partial charge in [0, 0.05) is 24.8 Å². The summed E-state index contributed by atoms with van der Waals surface area (Å²) in [7, 11) is 1.59. The number of amides is 2. The maximum absolute atomic E-state index is 12.6. The minimum atomic E-state index is -0.215. The first-order valence-corrected chi connectivity index (χ1v) is 9.00. The second-order valence-electron chi connectivity index (χ2n) is 6.72. The molecule has 3 rings (SSSR count). The fraction of sp³-hybridized carbons (Fsp3) is 0.333. The van der Waals surface area contributed by atoms with Gasteiger partial charge in [0.05, 0.1) is 6.04 Å². The molecule has 1 saturated heterocycles. The number of hydrogen-bond acceptors (Lipinski definition) is 3. The Hall–Kier alpha value is -2.66. The summed E-state index contributed by atoms with van der Waals surface area (Å²) in [4.78, 5) is 26.6. The smallest absolute Gasteiger partial charge is 0.251 e. The number of nitrogens with one attached hydrogen (secondary N) is 2. The van der Waals surface area contributed by atoms with E-state index in [1.807, 2.05) is 13.0 Å². The molecular weight excluding hydrogens is 326 g/mol. The van der Waals surface area contributed by atoms with Crippen LogP contribution in [0.15, 0.2) is 54.6 Å². The first-order chi connectivity index (χ1) is 12.6. The normalized spacial score (nSPS) is 18.3. The number of carbonyl (C=O) groups excluding carboxylic acids is 2. The molecule has 2 aromatic rings. The van der Waals surface area contributed by atoms with Crippen LogP contribution in [0.5, 0.6) is 0 Å². The van der Waals surface area contributed by atoms with E-state index in [-0.39, 0.29) is 17.9 Å². The summed E-state index contributed by atoms with van der Waals surface area (Å²) in [6.45, 7) is 3.73. The van der Waals surface area contributed by atoms with Crippen molar-refractivity contribution < 1.29 is 9.59 Å². The van der Waals surface area contributed by atoms with Gasteiger partial charge in [0.1, 0.15) is 0 Å². The molecule has 1 aliphatic heterocycles. The highest BCUT2D eigenvalue weighted by Crippen LogP contribution is 2.28. The Labute approximate surface area is 154 Å². The van der Waals surface area contributed by atoms with E-state index in [0.29, 0.717) is 17.2 Å². The van der Waals surface area contributed by atoms with Crippen LogP contribution in [-0.2, 0) is 4.79 Å². The van der Waals surface area contributed by atoms with Crippen molar-refractivity contribution in [1.82, 2.24) is 10.2 Å². The summed E-state index contributed by atoms with van der Waals surface area (Å²) < 4.78 is 0. The van der Waals surface area contributed by atoms with Gasteiger partial charge >= 0.3 is 0 Å². The topological polar surface area (TPSA) is 61.4 Å². The second-order valence-corrected chi connectivity index (χ2v) is 6.72. The van der Waals surface area contributed by atoms with Crippen LogP contribution >= 0.6 is 0 Å². The van der Waals surface area contributed by atoms with Gasteiger partial charge in [-0.05, 0) is 49.6 Å². The van der Waals surface area contributed by atoms with Crippen molar-refractivity contribution in [2.75, 3.05) is 25.5 Å². The molecule has 0 radical (unpaired) electrons. The molecule has 2 N–H and O–H groups in total. The summed E-state index contributed by atoms with van der Waals surface area (Å²) in [6, 6.07) is 17.2. The monoisotopic (exact) mass is 351 g/mol. The zero-order valence-electron chi connectivity index (χ0n) is 15.2. The van der Waals surface area contributed by atoms with E-state index in [4.69, 9.17) is 0 Å². The van der Waals surface area contributed by atoms with Crippen LogP contribution in [0.25, 0.3) is 0 Å². The van der Waals surface area contributed by atoms with Gasteiger partial charge in [0.15, 0.2) is 0 Å². The van der Waals surface area contributed by atoms with Crippen LogP contribution in [0, 0.1) is 0 Å². The van der Waals surface area contributed by atoms with Gasteiger partial charge in [-0.2, -0.15) is 0 Å². The van der Waals surface area contributed by atoms with E-state index in [2.05, 4.69) is 39.8 Å². The first-order valence-electron chi connectivity index (χ1n) is 9.00. The molecule has 0 saturated carbocycles. The maximum Gasteiger partial charge on any atom is 0.251 e. The summed E-state index contributed by atoms with van der Waals surface area (Å²) >= 11 is 0. The Morgan fingerprint density at radius 1 is 1.12 bits per heavy atom. The van der Waals surface area contributed by atoms with Crippen LogP contribution in [0.4, 0.5) is 5.69 Å². The largest absolute Gasteiger partial charge is 0.355 e. The van der Waals surface area contributed by atoms with E-state index in [0.717, 1.165) is 19.5 Å². The van der Waals surface area contributed by atoms with Crippen molar-refractivity contribution in [2.45, 2.75) is 25.3 Å². The lowest BCUT2D eigenvalue weighted by Crippen LogP contribution is -2.40. The molecule has 0 aromatic heterocycles. The SMILES string of the molecule is CNC(=O)c1cccc(NC(=O)[C@@H](C)N2CC[C@@H](c3ccccc3)C2)c1. The molecule has 2 aromatic carbocycles. The van der Waals surface area contributed by atoms with Crippen LogP contribution in [0.3, 0.4) is 0 Å². The summed E-state index contributed by atoms with van der Waals surface area (Å²) in [5, 5.41) is 5.52. The van der Waals surface area contributed by atoms with Crippen LogP contribution in [-0.4, -0.2) is 42.9 Å². The Morgan fingerprint density at radius 2 is 1.88 bits per heavy atom. The minimum absolute atomic E-state index is 0.0484. The average molecular weight is 351 g/mol. The summed E-state index contributed by atoms with van der Waals surface area (Å²) in [5.41, 5.74) is 2.51. The van der Waals surface area contributed by atoms with Crippen molar-refractivity contribution in [3.63, 3.8) is 0 Å². The predicted octanol–water partition coefficient (Wildman–Crippen LogP) is 2.86. The Bertz CT molecular complexity index is 776. The van der Waals surface area contributed by atoms with Gasteiger partial charge in [0.2, 0.25) is 5.91 Å². The second kappa shape index (κ2) is 8.15. The molecule has 0 aliphatic carbocycles. The minimum Gasteiger partial charge on any atom is -0.355 e. The number of rotatable bonds is 5. The zero-order valence-corrected chi connectivity index (χ0v) is 15.2. The third-order valence-electron chi connectivity index (χ3n) is 5.04. The number of carbonyl (C=O) groups is 2. The quantitative estimate of drug-likeness (QED) is 0.871. The van der Waals surface area contributed by atoms with Crippen molar-refractivity contribution >= 4 is 17.5 Å². The highest BCUT2D eigenvalue weighted by atomic mass is 16.2. The van der Waals surface area contributed by atoms with Crippen molar-refractivity contribution in [3.8, 4) is 0 Å². The van der Waals surface area contributed by atoms with Crippen molar-refractivity contribution in [2.24, 2.45) is 0 Å². The molecular formula is C21H25N3O2. The molecule has 1 heterocycles. The van der Waals surface area contributed by atoms with Gasteiger partial charge < -0.3 is 10.6 Å². The van der Waals surface area contributed by atoms with Crippen LogP contribution in [0.2, 0.25) is 0 Å². The van der Waals surface area contributed by atoms with Crippen molar-refractivity contribution in [1.29, 1.82) is 0 Å². The lowest BCUT2D eigenvalue weighted by molar-refractivity contribution is -0.120. The molecule has 0 unspecified atom stereocenters. The highest BCUT2D eigenvalue weighted by Gasteiger charge is 2.30. The summed E-state index contributed by atoms with van der Waals surface area (Å²) in [5.74, 6) is 0.259. The molecule has 5 nitrogen and oxygen atoms in total. The molecule has 0 spiro atoms. The number of anilines is 1. The number of nitrogens with zero attached hydrogens (tertiary/aromatic N) is 1. The van der Waals surface area contributed by atoms with Crippen LogP contribution < -0.4 is 10.6 Å². The van der Waals surface area contributed by atoms with E-state index >= 15 is 0 Å². The molecule has 136 valence electrons. The maximum atomic E-state index is 12.6. The number of likely N-dealkylation sites (tertiary alicyclic amines) is 1. The molecule has 1 fully saturated rings. The zero-order chi connectivity index (χ0) is 18.5. The fourth-order valence-electron chi connectivity index (χ4n) is 3.43. The van der Waals surface area contributed by atoms with E-state index < -0.39 is 0 Å². The molecule has 5 heteroatoms.